The molecule has 0 spiro atoms. The first kappa shape index (κ1) is 16.0. The first-order valence-corrected chi connectivity index (χ1v) is 7.81. The molecule has 2 rings (SSSR count). The number of hydrogen-bond donors (Lipinski definition) is 2. The summed E-state index contributed by atoms with van der Waals surface area (Å²) in [6.45, 7) is 7.65. The molecule has 1 amide bonds. The van der Waals surface area contributed by atoms with Crippen molar-refractivity contribution < 1.29 is 4.79 Å². The highest BCUT2D eigenvalue weighted by Gasteiger charge is 2.29. The van der Waals surface area contributed by atoms with Gasteiger partial charge in [-0.25, -0.2) is 0 Å². The van der Waals surface area contributed by atoms with Crippen molar-refractivity contribution in [3.8, 4) is 0 Å². The number of fused-ring (bicyclic) bond motifs is 1. The molecule has 0 aliphatic carbocycles. The quantitative estimate of drug-likeness (QED) is 0.837. The largest absolute Gasteiger partial charge is 0.354 e. The van der Waals surface area contributed by atoms with E-state index in [4.69, 9.17) is 5.73 Å². The van der Waals surface area contributed by atoms with Crippen LogP contribution in [0.2, 0.25) is 0 Å². The van der Waals surface area contributed by atoms with Gasteiger partial charge in [-0.05, 0) is 44.4 Å². The fourth-order valence-electron chi connectivity index (χ4n) is 2.79. The van der Waals surface area contributed by atoms with E-state index in [2.05, 4.69) is 48.3 Å². The predicted molar refractivity (Wildman–Crippen MR) is 85.9 cm³/mol. The Hall–Kier alpha value is -1.39. The van der Waals surface area contributed by atoms with Crippen molar-refractivity contribution in [3.05, 3.63) is 35.4 Å². The molecular formula is C17H27N3O. The normalized spacial score (nSPS) is 15.6. The third kappa shape index (κ3) is 4.29. The second kappa shape index (κ2) is 7.05. The van der Waals surface area contributed by atoms with Crippen LogP contribution < -0.4 is 11.1 Å². The smallest absolute Gasteiger partial charge is 0.220 e. The van der Waals surface area contributed by atoms with E-state index in [0.717, 1.165) is 25.9 Å². The summed E-state index contributed by atoms with van der Waals surface area (Å²) in [6.07, 6.45) is 2.36. The van der Waals surface area contributed by atoms with Gasteiger partial charge < -0.3 is 11.1 Å². The van der Waals surface area contributed by atoms with Crippen LogP contribution in [0, 0.1) is 0 Å². The zero-order valence-electron chi connectivity index (χ0n) is 13.2. The molecule has 0 bridgehead atoms. The molecular weight excluding hydrogens is 262 g/mol. The average Bonchev–Trinajstić information content (AvgIpc) is 2.50. The Morgan fingerprint density at radius 1 is 1.33 bits per heavy atom. The number of nitrogens with two attached hydrogens (primary N) is 1. The van der Waals surface area contributed by atoms with Gasteiger partial charge in [0, 0.05) is 31.6 Å². The van der Waals surface area contributed by atoms with E-state index in [1.54, 1.807) is 0 Å². The van der Waals surface area contributed by atoms with Gasteiger partial charge in [-0.1, -0.05) is 24.3 Å². The second-order valence-electron chi connectivity index (χ2n) is 6.42. The number of carbonyl (C=O) groups excluding carboxylic acids is 1. The van der Waals surface area contributed by atoms with Crippen molar-refractivity contribution in [3.63, 3.8) is 0 Å². The monoisotopic (exact) mass is 289 g/mol. The lowest BCUT2D eigenvalue weighted by Crippen LogP contribution is -2.53. The van der Waals surface area contributed by atoms with Gasteiger partial charge in [0.2, 0.25) is 5.91 Å². The summed E-state index contributed by atoms with van der Waals surface area (Å²) in [5.41, 5.74) is 8.26. The van der Waals surface area contributed by atoms with Crippen molar-refractivity contribution in [1.82, 2.24) is 10.2 Å². The Balaban J connectivity index is 1.90. The number of carbonyl (C=O) groups is 1. The molecule has 1 aliphatic rings. The summed E-state index contributed by atoms with van der Waals surface area (Å²) in [6, 6.07) is 8.63. The van der Waals surface area contributed by atoms with Crippen LogP contribution in [0.25, 0.3) is 0 Å². The van der Waals surface area contributed by atoms with Crippen molar-refractivity contribution in [2.45, 2.75) is 45.2 Å². The Morgan fingerprint density at radius 2 is 2.05 bits per heavy atom. The Labute approximate surface area is 127 Å². The van der Waals surface area contributed by atoms with E-state index in [1.165, 1.54) is 11.1 Å². The zero-order chi connectivity index (χ0) is 15.3. The van der Waals surface area contributed by atoms with Gasteiger partial charge in [-0.2, -0.15) is 0 Å². The number of nitrogens with zero attached hydrogens (tertiary/aromatic N) is 1. The SMILES string of the molecule is CC(C)(CNC(=O)CCCN)N1CCc2ccccc2C1. The fraction of sp³-hybridized carbons (Fsp3) is 0.588. The highest BCUT2D eigenvalue weighted by atomic mass is 16.1. The highest BCUT2D eigenvalue weighted by molar-refractivity contribution is 5.75. The molecule has 1 aromatic rings. The van der Waals surface area contributed by atoms with E-state index >= 15 is 0 Å². The van der Waals surface area contributed by atoms with Crippen molar-refractivity contribution in [1.29, 1.82) is 0 Å². The van der Waals surface area contributed by atoms with Crippen molar-refractivity contribution in [2.75, 3.05) is 19.6 Å². The van der Waals surface area contributed by atoms with E-state index in [9.17, 15) is 4.79 Å². The zero-order valence-corrected chi connectivity index (χ0v) is 13.2. The summed E-state index contributed by atoms with van der Waals surface area (Å²) in [7, 11) is 0. The van der Waals surface area contributed by atoms with Crippen LogP contribution in [0.15, 0.2) is 24.3 Å². The van der Waals surface area contributed by atoms with Crippen molar-refractivity contribution >= 4 is 5.91 Å². The van der Waals surface area contributed by atoms with Gasteiger partial charge in [0.1, 0.15) is 0 Å². The van der Waals surface area contributed by atoms with Gasteiger partial charge in [0.25, 0.3) is 0 Å². The molecule has 0 unspecified atom stereocenters. The molecule has 0 fully saturated rings. The summed E-state index contributed by atoms with van der Waals surface area (Å²) < 4.78 is 0. The molecule has 4 heteroatoms. The van der Waals surface area contributed by atoms with E-state index in [0.29, 0.717) is 19.5 Å². The van der Waals surface area contributed by atoms with E-state index in [-0.39, 0.29) is 11.4 Å². The summed E-state index contributed by atoms with van der Waals surface area (Å²) in [4.78, 5) is 14.2. The third-order valence-corrected chi connectivity index (χ3v) is 4.31. The minimum atomic E-state index is -0.0358. The van der Waals surface area contributed by atoms with Gasteiger partial charge in [0.05, 0.1) is 0 Å². The number of nitrogens with one attached hydrogen (secondary N) is 1. The molecule has 0 atom stereocenters. The Kier molecular flexibility index (Phi) is 5.37. The molecule has 0 aromatic heterocycles. The number of rotatable bonds is 6. The molecule has 4 nitrogen and oxygen atoms in total. The predicted octanol–water partition coefficient (Wildman–Crippen LogP) is 1.68. The summed E-state index contributed by atoms with van der Waals surface area (Å²) in [5, 5.41) is 3.04. The fourth-order valence-corrected chi connectivity index (χ4v) is 2.79. The lowest BCUT2D eigenvalue weighted by Gasteiger charge is -2.41. The van der Waals surface area contributed by atoms with Gasteiger partial charge in [-0.15, -0.1) is 0 Å². The minimum absolute atomic E-state index is 0.0358. The van der Waals surface area contributed by atoms with Crippen molar-refractivity contribution in [2.24, 2.45) is 5.73 Å². The minimum Gasteiger partial charge on any atom is -0.354 e. The first-order valence-electron chi connectivity index (χ1n) is 7.81. The molecule has 0 saturated carbocycles. The van der Waals surface area contributed by atoms with Gasteiger partial charge >= 0.3 is 0 Å². The van der Waals surface area contributed by atoms with Gasteiger partial charge in [-0.3, -0.25) is 9.69 Å². The standard InChI is InChI=1S/C17H27N3O/c1-17(2,13-19-16(21)8-5-10-18)20-11-9-14-6-3-4-7-15(14)12-20/h3-4,6-7H,5,8-13,18H2,1-2H3,(H,19,21). The maximum absolute atomic E-state index is 11.7. The summed E-state index contributed by atoms with van der Waals surface area (Å²) in [5.74, 6) is 0.103. The molecule has 1 heterocycles. The number of benzene rings is 1. The Morgan fingerprint density at radius 3 is 2.76 bits per heavy atom. The topological polar surface area (TPSA) is 58.4 Å². The highest BCUT2D eigenvalue weighted by Crippen LogP contribution is 2.24. The van der Waals surface area contributed by atoms with Crippen LogP contribution in [-0.4, -0.2) is 36.0 Å². The van der Waals surface area contributed by atoms with Crippen LogP contribution in [0.5, 0.6) is 0 Å². The van der Waals surface area contributed by atoms with E-state index < -0.39 is 0 Å². The van der Waals surface area contributed by atoms with Crippen LogP contribution in [0.3, 0.4) is 0 Å². The van der Waals surface area contributed by atoms with Gasteiger partial charge in [0.15, 0.2) is 0 Å². The lowest BCUT2D eigenvalue weighted by atomic mass is 9.94. The molecule has 0 radical (unpaired) electrons. The lowest BCUT2D eigenvalue weighted by molar-refractivity contribution is -0.121. The molecule has 21 heavy (non-hydrogen) atoms. The maximum atomic E-state index is 11.7. The van der Waals surface area contributed by atoms with E-state index in [1.807, 2.05) is 0 Å². The van der Waals surface area contributed by atoms with Crippen LogP contribution >= 0.6 is 0 Å². The maximum Gasteiger partial charge on any atom is 0.220 e. The molecule has 1 aromatic carbocycles. The first-order chi connectivity index (χ1) is 10.0. The number of hydrogen-bond acceptors (Lipinski definition) is 3. The molecule has 116 valence electrons. The second-order valence-corrected chi connectivity index (χ2v) is 6.42. The van der Waals surface area contributed by atoms with Crippen LogP contribution in [0.4, 0.5) is 0 Å². The molecule has 0 saturated heterocycles. The number of amides is 1. The third-order valence-electron chi connectivity index (χ3n) is 4.31. The van der Waals surface area contributed by atoms with Crippen LogP contribution in [-0.2, 0) is 17.8 Å². The molecule has 3 N–H and O–H groups in total. The average molecular weight is 289 g/mol. The Bertz CT molecular complexity index is 485. The molecule has 1 aliphatic heterocycles. The summed E-state index contributed by atoms with van der Waals surface area (Å²) >= 11 is 0. The van der Waals surface area contributed by atoms with Crippen LogP contribution in [0.1, 0.15) is 37.8 Å².